The van der Waals surface area contributed by atoms with Gasteiger partial charge < -0.3 is 19.7 Å². The van der Waals surface area contributed by atoms with Crippen LogP contribution in [0, 0.1) is 5.92 Å². The van der Waals surface area contributed by atoms with E-state index in [1.807, 2.05) is 36.2 Å². The molecule has 6 heteroatoms. The molecule has 1 N–H and O–H groups in total. The van der Waals surface area contributed by atoms with Crippen LogP contribution in [0.25, 0.3) is 0 Å². The van der Waals surface area contributed by atoms with Crippen LogP contribution in [0.4, 0.5) is 0 Å². The summed E-state index contributed by atoms with van der Waals surface area (Å²) in [6.07, 6.45) is 2.26. The van der Waals surface area contributed by atoms with Crippen LogP contribution in [0.3, 0.4) is 0 Å². The number of likely N-dealkylation sites (tertiary alicyclic amines) is 1. The van der Waals surface area contributed by atoms with Gasteiger partial charge in [0.2, 0.25) is 0 Å². The maximum atomic E-state index is 12.7. The number of methoxy groups -OCH3 is 1. The summed E-state index contributed by atoms with van der Waals surface area (Å²) in [5.74, 6) is 1.36. The summed E-state index contributed by atoms with van der Waals surface area (Å²) in [5, 5.41) is 3.20. The molecular formula is C17H27ClN2O3. The van der Waals surface area contributed by atoms with Crippen molar-refractivity contribution in [3.8, 4) is 5.75 Å². The third-order valence-electron chi connectivity index (χ3n) is 3.94. The number of carbonyl (C=O) groups is 1. The molecule has 0 bridgehead atoms. The van der Waals surface area contributed by atoms with E-state index in [-0.39, 0.29) is 18.3 Å². The maximum Gasteiger partial charge on any atom is 0.253 e. The molecule has 0 saturated carbocycles. The summed E-state index contributed by atoms with van der Waals surface area (Å²) in [6.45, 7) is 3.66. The first-order chi connectivity index (χ1) is 10.7. The molecule has 1 heterocycles. The van der Waals surface area contributed by atoms with Crippen molar-refractivity contribution in [2.24, 2.45) is 5.92 Å². The molecule has 0 aliphatic carbocycles. The number of piperidine rings is 1. The fraction of sp³-hybridized carbons (Fsp3) is 0.588. The summed E-state index contributed by atoms with van der Waals surface area (Å²) in [6, 6.07) is 7.41. The number of nitrogens with zero attached hydrogens (tertiary/aromatic N) is 1. The Kier molecular flexibility index (Phi) is 8.99. The zero-order chi connectivity index (χ0) is 15.8. The second-order valence-corrected chi connectivity index (χ2v) is 5.69. The molecule has 1 unspecified atom stereocenters. The third-order valence-corrected chi connectivity index (χ3v) is 3.94. The van der Waals surface area contributed by atoms with Gasteiger partial charge in [0.05, 0.1) is 6.61 Å². The molecule has 5 nitrogen and oxygen atoms in total. The van der Waals surface area contributed by atoms with Gasteiger partial charge in [0.15, 0.2) is 0 Å². The van der Waals surface area contributed by atoms with Gasteiger partial charge in [0, 0.05) is 25.8 Å². The molecule has 1 saturated heterocycles. The van der Waals surface area contributed by atoms with E-state index in [0.717, 1.165) is 26.1 Å². The van der Waals surface area contributed by atoms with Crippen molar-refractivity contribution in [1.82, 2.24) is 10.2 Å². The standard InChI is InChI=1S/C17H26N2O3.ClH/c1-18-12-14-5-4-8-19(13-14)17(20)15-6-3-7-16(11-15)22-10-9-21-2;/h3,6-7,11,14,18H,4-5,8-10,12-13H2,1-2H3;1H. The lowest BCUT2D eigenvalue weighted by Gasteiger charge is -2.32. The van der Waals surface area contributed by atoms with Crippen LogP contribution in [0.2, 0.25) is 0 Å². The van der Waals surface area contributed by atoms with Gasteiger partial charge in [0.1, 0.15) is 12.4 Å². The lowest BCUT2D eigenvalue weighted by Crippen LogP contribution is -2.42. The van der Waals surface area contributed by atoms with Crippen molar-refractivity contribution < 1.29 is 14.3 Å². The molecule has 1 aliphatic rings. The molecule has 23 heavy (non-hydrogen) atoms. The van der Waals surface area contributed by atoms with Crippen molar-refractivity contribution in [3.63, 3.8) is 0 Å². The second-order valence-electron chi connectivity index (χ2n) is 5.69. The van der Waals surface area contributed by atoms with E-state index in [0.29, 0.717) is 30.4 Å². The molecule has 1 aromatic carbocycles. The van der Waals surface area contributed by atoms with Crippen molar-refractivity contribution in [2.45, 2.75) is 12.8 Å². The lowest BCUT2D eigenvalue weighted by molar-refractivity contribution is 0.0673. The van der Waals surface area contributed by atoms with E-state index in [9.17, 15) is 4.79 Å². The molecule has 1 atom stereocenters. The number of halogens is 1. The van der Waals surface area contributed by atoms with Gasteiger partial charge >= 0.3 is 0 Å². The molecule has 0 radical (unpaired) electrons. The molecule has 0 spiro atoms. The van der Waals surface area contributed by atoms with Crippen molar-refractivity contribution in [3.05, 3.63) is 29.8 Å². The monoisotopic (exact) mass is 342 g/mol. The Morgan fingerprint density at radius 3 is 2.96 bits per heavy atom. The topological polar surface area (TPSA) is 50.8 Å². The first kappa shape index (κ1) is 19.7. The van der Waals surface area contributed by atoms with E-state index in [1.54, 1.807) is 7.11 Å². The number of carbonyl (C=O) groups excluding carboxylic acids is 1. The van der Waals surface area contributed by atoms with Crippen molar-refractivity contribution in [1.29, 1.82) is 0 Å². The minimum atomic E-state index is 0. The van der Waals surface area contributed by atoms with Crippen LogP contribution in [0.5, 0.6) is 5.75 Å². The van der Waals surface area contributed by atoms with Crippen LogP contribution in [0.15, 0.2) is 24.3 Å². The highest BCUT2D eigenvalue weighted by Crippen LogP contribution is 2.20. The highest BCUT2D eigenvalue weighted by Gasteiger charge is 2.24. The van der Waals surface area contributed by atoms with Gasteiger partial charge in [-0.1, -0.05) is 6.07 Å². The van der Waals surface area contributed by atoms with E-state index in [4.69, 9.17) is 9.47 Å². The second kappa shape index (κ2) is 10.5. The minimum absolute atomic E-state index is 0. The molecule has 1 aliphatic heterocycles. The smallest absolute Gasteiger partial charge is 0.253 e. The average molecular weight is 343 g/mol. The Labute approximate surface area is 144 Å². The number of hydrogen-bond donors (Lipinski definition) is 1. The van der Waals surface area contributed by atoms with Gasteiger partial charge in [-0.3, -0.25) is 4.79 Å². The zero-order valence-electron chi connectivity index (χ0n) is 13.9. The predicted octanol–water partition coefficient (Wildman–Crippen LogP) is 2.21. The molecular weight excluding hydrogens is 316 g/mol. The van der Waals surface area contributed by atoms with Crippen molar-refractivity contribution >= 4 is 18.3 Å². The Hall–Kier alpha value is -1.30. The fourth-order valence-electron chi connectivity index (χ4n) is 2.85. The molecule has 1 aromatic rings. The number of rotatable bonds is 7. The Morgan fingerprint density at radius 2 is 2.22 bits per heavy atom. The quantitative estimate of drug-likeness (QED) is 0.772. The van der Waals surface area contributed by atoms with Gasteiger partial charge in [-0.2, -0.15) is 0 Å². The number of amides is 1. The highest BCUT2D eigenvalue weighted by molar-refractivity contribution is 5.94. The van der Waals surface area contributed by atoms with Crippen molar-refractivity contribution in [2.75, 3.05) is 47.0 Å². The Morgan fingerprint density at radius 1 is 1.39 bits per heavy atom. The van der Waals surface area contributed by atoms with E-state index >= 15 is 0 Å². The van der Waals surface area contributed by atoms with Crippen LogP contribution < -0.4 is 10.1 Å². The first-order valence-corrected chi connectivity index (χ1v) is 7.90. The molecule has 1 amide bonds. The van der Waals surface area contributed by atoms with Crippen LogP contribution in [-0.4, -0.2) is 57.8 Å². The summed E-state index contributed by atoms with van der Waals surface area (Å²) in [4.78, 5) is 14.6. The molecule has 1 fully saturated rings. The van der Waals surface area contributed by atoms with Gasteiger partial charge in [-0.05, 0) is 50.6 Å². The molecule has 0 aromatic heterocycles. The summed E-state index contributed by atoms with van der Waals surface area (Å²) < 4.78 is 10.5. The molecule has 2 rings (SSSR count). The zero-order valence-corrected chi connectivity index (χ0v) is 14.7. The van der Waals surface area contributed by atoms with Gasteiger partial charge in [0.25, 0.3) is 5.91 Å². The SMILES string of the molecule is CNCC1CCCN(C(=O)c2cccc(OCCOC)c2)C1.Cl. The van der Waals surface area contributed by atoms with Gasteiger partial charge in [-0.25, -0.2) is 0 Å². The summed E-state index contributed by atoms with van der Waals surface area (Å²) >= 11 is 0. The van der Waals surface area contributed by atoms with E-state index < -0.39 is 0 Å². The molecule has 130 valence electrons. The Bertz CT molecular complexity index is 483. The third kappa shape index (κ3) is 6.01. The lowest BCUT2D eigenvalue weighted by atomic mass is 9.97. The number of ether oxygens (including phenoxy) is 2. The number of hydrogen-bond acceptors (Lipinski definition) is 4. The fourth-order valence-corrected chi connectivity index (χ4v) is 2.85. The van der Waals surface area contributed by atoms with Crippen LogP contribution in [-0.2, 0) is 4.74 Å². The average Bonchev–Trinajstić information content (AvgIpc) is 2.55. The number of nitrogens with one attached hydrogen (secondary N) is 1. The highest BCUT2D eigenvalue weighted by atomic mass is 35.5. The normalized spacial score (nSPS) is 17.5. The largest absolute Gasteiger partial charge is 0.491 e. The number of benzene rings is 1. The minimum Gasteiger partial charge on any atom is -0.491 e. The summed E-state index contributed by atoms with van der Waals surface area (Å²) in [7, 11) is 3.60. The predicted molar refractivity (Wildman–Crippen MR) is 93.6 cm³/mol. The van der Waals surface area contributed by atoms with E-state index in [2.05, 4.69) is 5.32 Å². The van der Waals surface area contributed by atoms with E-state index in [1.165, 1.54) is 6.42 Å². The summed E-state index contributed by atoms with van der Waals surface area (Å²) in [5.41, 5.74) is 0.694. The Balaban J connectivity index is 0.00000264. The van der Waals surface area contributed by atoms with Crippen LogP contribution >= 0.6 is 12.4 Å². The van der Waals surface area contributed by atoms with Crippen LogP contribution in [0.1, 0.15) is 23.2 Å². The maximum absolute atomic E-state index is 12.7. The first-order valence-electron chi connectivity index (χ1n) is 7.90. The van der Waals surface area contributed by atoms with Gasteiger partial charge in [-0.15, -0.1) is 12.4 Å².